The van der Waals surface area contributed by atoms with E-state index in [1.807, 2.05) is 18.2 Å². The van der Waals surface area contributed by atoms with Crippen LogP contribution in [0, 0.1) is 0 Å². The Morgan fingerprint density at radius 2 is 1.80 bits per heavy atom. The van der Waals surface area contributed by atoms with Crippen molar-refractivity contribution in [3.05, 3.63) is 128 Å². The number of amides is 1. The fourth-order valence-electron chi connectivity index (χ4n) is 5.60. The molecule has 0 aromatic heterocycles. The van der Waals surface area contributed by atoms with Crippen LogP contribution in [0.3, 0.4) is 0 Å². The molecule has 50 heavy (non-hydrogen) atoms. The Hall–Kier alpha value is -4.97. The highest BCUT2D eigenvalue weighted by Crippen LogP contribution is 2.46. The number of ether oxygens (including phenoxy) is 4. The van der Waals surface area contributed by atoms with Gasteiger partial charge in [-0.05, 0) is 77.7 Å². The van der Waals surface area contributed by atoms with Crippen molar-refractivity contribution in [2.45, 2.75) is 30.9 Å². The molecule has 0 saturated heterocycles. The Bertz CT molecular complexity index is 1890. The van der Waals surface area contributed by atoms with Crippen LogP contribution >= 0.6 is 23.2 Å². The molecule has 14 heteroatoms. The topological polar surface area (TPSA) is 159 Å². The van der Waals surface area contributed by atoms with Gasteiger partial charge in [0, 0.05) is 57.8 Å². The van der Waals surface area contributed by atoms with Crippen LogP contribution in [0.4, 0.5) is 5.69 Å². The summed E-state index contributed by atoms with van der Waals surface area (Å²) in [5.74, 6) is 1.65. The van der Waals surface area contributed by atoms with Crippen molar-refractivity contribution in [3.63, 3.8) is 0 Å². The second-order valence-corrected chi connectivity index (χ2v) is 12.1. The zero-order valence-electron chi connectivity index (χ0n) is 27.4. The van der Waals surface area contributed by atoms with E-state index in [0.717, 1.165) is 5.56 Å². The summed E-state index contributed by atoms with van der Waals surface area (Å²) in [6, 6.07) is 24.5. The molecule has 260 valence electrons. The van der Waals surface area contributed by atoms with Crippen LogP contribution in [-0.2, 0) is 22.4 Å². The molecule has 0 bridgehead atoms. The highest BCUT2D eigenvalue weighted by molar-refractivity contribution is 6.35. The van der Waals surface area contributed by atoms with E-state index in [4.69, 9.17) is 52.2 Å². The number of rotatable bonds is 16. The van der Waals surface area contributed by atoms with E-state index in [1.54, 1.807) is 80.9 Å². The van der Waals surface area contributed by atoms with Gasteiger partial charge in [-0.2, -0.15) is 0 Å². The number of halogens is 2. The first-order chi connectivity index (χ1) is 24.3. The van der Waals surface area contributed by atoms with Gasteiger partial charge in [-0.25, -0.2) is 10.4 Å². The van der Waals surface area contributed by atoms with Gasteiger partial charge in [0.15, 0.2) is 11.6 Å². The standard InChI is InChI=1S/C36H36Cl2N6O6/c1-47-28-13-15-32(48-2)24(20-28)16-17-40-43-35(46)36(22-25-6-3-4-7-31(25)42-44-39)33(29-14-10-26(37)21-30(29)38)50-34(41-36)23-8-11-27(12-9-23)49-19-5-18-45/h3-4,6-15,20-21,33,40,45H,5,16-19,22H2,1-2H3,(H,43,46)/t33-,36-/m0/s1. The van der Waals surface area contributed by atoms with Gasteiger partial charge in [0.2, 0.25) is 5.90 Å². The van der Waals surface area contributed by atoms with Crippen molar-refractivity contribution in [1.82, 2.24) is 10.9 Å². The van der Waals surface area contributed by atoms with E-state index >= 15 is 0 Å². The third kappa shape index (κ3) is 8.42. The maximum atomic E-state index is 14.6. The molecule has 4 aromatic carbocycles. The first-order valence-electron chi connectivity index (χ1n) is 15.7. The molecule has 1 amide bonds. The second-order valence-electron chi connectivity index (χ2n) is 11.3. The molecule has 0 aliphatic carbocycles. The van der Waals surface area contributed by atoms with Crippen LogP contribution in [-0.4, -0.2) is 56.4 Å². The van der Waals surface area contributed by atoms with Crippen molar-refractivity contribution in [2.24, 2.45) is 10.1 Å². The van der Waals surface area contributed by atoms with Gasteiger partial charge in [0.05, 0.1) is 20.8 Å². The predicted octanol–water partition coefficient (Wildman–Crippen LogP) is 7.08. The van der Waals surface area contributed by atoms with Gasteiger partial charge in [-0.1, -0.05) is 58.6 Å². The van der Waals surface area contributed by atoms with E-state index < -0.39 is 17.6 Å². The first kappa shape index (κ1) is 36.3. The number of aliphatic imine (C=N–C) groups is 1. The highest BCUT2D eigenvalue weighted by atomic mass is 35.5. The maximum absolute atomic E-state index is 14.6. The van der Waals surface area contributed by atoms with E-state index in [2.05, 4.69) is 20.9 Å². The zero-order chi connectivity index (χ0) is 35.5. The number of aliphatic hydroxyl groups is 1. The summed E-state index contributed by atoms with van der Waals surface area (Å²) in [6.45, 7) is 0.715. The molecule has 2 atom stereocenters. The van der Waals surface area contributed by atoms with Crippen LogP contribution in [0.2, 0.25) is 10.0 Å². The monoisotopic (exact) mass is 718 g/mol. The van der Waals surface area contributed by atoms with Crippen molar-refractivity contribution >= 4 is 40.7 Å². The van der Waals surface area contributed by atoms with Crippen LogP contribution < -0.4 is 25.1 Å². The SMILES string of the molecule is COc1ccc(OC)c(CCNNC(=O)[C@@]2(Cc3ccccc3N=[N+]=[N-])N=C(c3ccc(OCCCO)cc3)O[C@H]2c2ccc(Cl)cc2Cl)c1. The number of carbonyl (C=O) groups is 1. The number of carbonyl (C=O) groups excluding carboxylic acids is 1. The van der Waals surface area contributed by atoms with E-state index in [-0.39, 0.29) is 23.9 Å². The molecule has 1 heterocycles. The predicted molar refractivity (Wildman–Crippen MR) is 192 cm³/mol. The molecule has 0 unspecified atom stereocenters. The number of aliphatic hydroxyl groups excluding tert-OH is 1. The highest BCUT2D eigenvalue weighted by Gasteiger charge is 2.54. The van der Waals surface area contributed by atoms with Crippen molar-refractivity contribution in [1.29, 1.82) is 0 Å². The average molecular weight is 720 g/mol. The summed E-state index contributed by atoms with van der Waals surface area (Å²) >= 11 is 13.0. The molecular weight excluding hydrogens is 683 g/mol. The van der Waals surface area contributed by atoms with Gasteiger partial charge >= 0.3 is 0 Å². The molecule has 0 spiro atoms. The van der Waals surface area contributed by atoms with Gasteiger partial charge in [-0.3, -0.25) is 10.2 Å². The number of nitrogens with zero attached hydrogens (tertiary/aromatic N) is 4. The van der Waals surface area contributed by atoms with Crippen LogP contribution in [0.25, 0.3) is 10.4 Å². The van der Waals surface area contributed by atoms with E-state index in [0.29, 0.717) is 70.6 Å². The summed E-state index contributed by atoms with van der Waals surface area (Å²) in [5.41, 5.74) is 16.4. The van der Waals surface area contributed by atoms with Crippen molar-refractivity contribution in [3.8, 4) is 17.2 Å². The van der Waals surface area contributed by atoms with Crippen LogP contribution in [0.5, 0.6) is 17.2 Å². The summed E-state index contributed by atoms with van der Waals surface area (Å²) in [6.07, 6.45) is -0.0500. The maximum Gasteiger partial charge on any atom is 0.266 e. The minimum Gasteiger partial charge on any atom is -0.497 e. The van der Waals surface area contributed by atoms with Crippen molar-refractivity contribution < 1.29 is 28.8 Å². The molecule has 1 aliphatic rings. The lowest BCUT2D eigenvalue weighted by atomic mass is 9.81. The molecule has 3 N–H and O–H groups in total. The van der Waals surface area contributed by atoms with Crippen LogP contribution in [0.1, 0.15) is 34.8 Å². The number of methoxy groups -OCH3 is 2. The number of nitrogens with one attached hydrogen (secondary N) is 2. The minimum atomic E-state index is -1.65. The van der Waals surface area contributed by atoms with Gasteiger partial charge < -0.3 is 24.1 Å². The summed E-state index contributed by atoms with van der Waals surface area (Å²) in [4.78, 5) is 22.6. The second kappa shape index (κ2) is 17.1. The molecule has 0 fully saturated rings. The Morgan fingerprint density at radius 3 is 2.52 bits per heavy atom. The smallest absolute Gasteiger partial charge is 0.266 e. The van der Waals surface area contributed by atoms with Gasteiger partial charge in [0.1, 0.15) is 17.2 Å². The minimum absolute atomic E-state index is 0.0190. The lowest BCUT2D eigenvalue weighted by molar-refractivity contribution is -0.130. The number of hydrazine groups is 1. The molecule has 12 nitrogen and oxygen atoms in total. The fourth-order valence-corrected chi connectivity index (χ4v) is 6.10. The molecular formula is C36H36Cl2N6O6. The Balaban J connectivity index is 1.53. The normalized spacial score (nSPS) is 16.5. The largest absolute Gasteiger partial charge is 0.497 e. The van der Waals surface area contributed by atoms with Gasteiger partial charge in [0.25, 0.3) is 5.91 Å². The third-order valence-electron chi connectivity index (χ3n) is 8.09. The Morgan fingerprint density at radius 1 is 1.02 bits per heavy atom. The lowest BCUT2D eigenvalue weighted by Crippen LogP contribution is -2.54. The van der Waals surface area contributed by atoms with E-state index in [1.165, 1.54) is 0 Å². The summed E-state index contributed by atoms with van der Waals surface area (Å²) < 4.78 is 23.1. The number of benzene rings is 4. The fraction of sp³-hybridized carbons (Fsp3) is 0.278. The first-order valence-corrected chi connectivity index (χ1v) is 16.5. The third-order valence-corrected chi connectivity index (χ3v) is 8.65. The quantitative estimate of drug-likeness (QED) is 0.0367. The number of azide groups is 1. The Labute approximate surface area is 299 Å². The number of hydrogen-bond acceptors (Lipinski definition) is 9. The molecule has 5 rings (SSSR count). The van der Waals surface area contributed by atoms with Crippen molar-refractivity contribution in [2.75, 3.05) is 34.0 Å². The zero-order valence-corrected chi connectivity index (χ0v) is 28.9. The van der Waals surface area contributed by atoms with Crippen LogP contribution in [0.15, 0.2) is 95.0 Å². The summed E-state index contributed by atoms with van der Waals surface area (Å²) in [5, 5.41) is 13.7. The summed E-state index contributed by atoms with van der Waals surface area (Å²) in [7, 11) is 3.18. The Kier molecular flexibility index (Phi) is 12.4. The molecule has 0 saturated carbocycles. The number of hydrogen-bond donors (Lipinski definition) is 3. The molecule has 4 aromatic rings. The average Bonchev–Trinajstić information content (AvgIpc) is 3.51. The van der Waals surface area contributed by atoms with Gasteiger partial charge in [-0.15, -0.1) is 0 Å². The van der Waals surface area contributed by atoms with E-state index in [9.17, 15) is 10.3 Å². The molecule has 0 radical (unpaired) electrons. The lowest BCUT2D eigenvalue weighted by Gasteiger charge is -2.31. The molecule has 1 aliphatic heterocycles.